The molecule has 1 heterocycles. The fourth-order valence-corrected chi connectivity index (χ4v) is 6.14. The van der Waals surface area contributed by atoms with Crippen molar-refractivity contribution in [3.63, 3.8) is 0 Å². The first-order valence-corrected chi connectivity index (χ1v) is 14.4. The molecule has 0 radical (unpaired) electrons. The van der Waals surface area contributed by atoms with Crippen molar-refractivity contribution in [1.29, 1.82) is 0 Å². The SMILES string of the molecule is CCOCCOCCSSC(C)(C)CCC(=O)CCCCC(=O)N1C[C@@H](OC)C[C@@H]1COC. The lowest BCUT2D eigenvalue weighted by molar-refractivity contribution is -0.133. The van der Waals surface area contributed by atoms with Gasteiger partial charge in [0.15, 0.2) is 0 Å². The topological polar surface area (TPSA) is 74.3 Å². The monoisotopic (exact) mass is 507 g/mol. The molecule has 0 spiro atoms. The second-order valence-electron chi connectivity index (χ2n) is 8.97. The van der Waals surface area contributed by atoms with E-state index in [4.69, 9.17) is 18.9 Å². The van der Waals surface area contributed by atoms with Gasteiger partial charge in [-0.2, -0.15) is 0 Å². The van der Waals surface area contributed by atoms with Crippen molar-refractivity contribution in [1.82, 2.24) is 4.90 Å². The van der Waals surface area contributed by atoms with Gasteiger partial charge in [-0.15, -0.1) is 0 Å². The standard InChI is InChI=1S/C24H45NO6S2/c1-6-30-13-14-31-15-16-32-33-24(2,3)12-11-21(26)9-7-8-10-23(27)25-18-22(29-5)17-20(25)19-28-4/h20,22H,6-19H2,1-5H3/t20-,22+/m1/s1. The fraction of sp³-hybridized carbons (Fsp3) is 0.917. The van der Waals surface area contributed by atoms with Gasteiger partial charge in [-0.1, -0.05) is 21.6 Å². The molecule has 33 heavy (non-hydrogen) atoms. The van der Waals surface area contributed by atoms with E-state index in [1.807, 2.05) is 22.6 Å². The Kier molecular flexibility index (Phi) is 16.8. The van der Waals surface area contributed by atoms with Gasteiger partial charge in [-0.05, 0) is 46.5 Å². The van der Waals surface area contributed by atoms with Crippen molar-refractivity contribution in [2.24, 2.45) is 0 Å². The van der Waals surface area contributed by atoms with Crippen molar-refractivity contribution >= 4 is 33.3 Å². The van der Waals surface area contributed by atoms with Crippen molar-refractivity contribution in [2.45, 2.75) is 82.6 Å². The minimum absolute atomic E-state index is 0.0472. The molecular formula is C24H45NO6S2. The Morgan fingerprint density at radius 3 is 2.45 bits per heavy atom. The molecule has 1 fully saturated rings. The second kappa shape index (κ2) is 18.0. The van der Waals surface area contributed by atoms with Crippen LogP contribution in [0.4, 0.5) is 0 Å². The van der Waals surface area contributed by atoms with Crippen LogP contribution in [0.15, 0.2) is 0 Å². The van der Waals surface area contributed by atoms with E-state index >= 15 is 0 Å². The highest BCUT2D eigenvalue weighted by Crippen LogP contribution is 2.38. The number of carbonyl (C=O) groups is 2. The maximum absolute atomic E-state index is 12.6. The number of carbonyl (C=O) groups excluding carboxylic acids is 2. The smallest absolute Gasteiger partial charge is 0.222 e. The highest BCUT2D eigenvalue weighted by Gasteiger charge is 2.34. The highest BCUT2D eigenvalue weighted by molar-refractivity contribution is 8.77. The summed E-state index contributed by atoms with van der Waals surface area (Å²) in [6.45, 7) is 10.3. The molecule has 194 valence electrons. The molecule has 2 atom stereocenters. The largest absolute Gasteiger partial charge is 0.383 e. The van der Waals surface area contributed by atoms with Crippen LogP contribution in [0.1, 0.15) is 65.7 Å². The van der Waals surface area contributed by atoms with Crippen LogP contribution < -0.4 is 0 Å². The Morgan fingerprint density at radius 1 is 1.03 bits per heavy atom. The van der Waals surface area contributed by atoms with E-state index in [0.29, 0.717) is 58.0 Å². The summed E-state index contributed by atoms with van der Waals surface area (Å²) in [5.74, 6) is 1.36. The average Bonchev–Trinajstić information content (AvgIpc) is 3.20. The first-order chi connectivity index (χ1) is 15.8. The fourth-order valence-electron chi connectivity index (χ4n) is 3.71. The summed E-state index contributed by atoms with van der Waals surface area (Å²) in [5.41, 5.74) is 0. The quantitative estimate of drug-likeness (QED) is 0.178. The minimum atomic E-state index is 0.0472. The van der Waals surface area contributed by atoms with Gasteiger partial charge in [0.1, 0.15) is 5.78 Å². The minimum Gasteiger partial charge on any atom is -0.383 e. The zero-order valence-corrected chi connectivity index (χ0v) is 22.9. The molecule has 0 aromatic rings. The molecule has 1 rings (SSSR count). The number of Topliss-reactive ketones (excluding diaryl/α,β-unsaturated/α-hetero) is 1. The number of unbranched alkanes of at least 4 members (excludes halogenated alkanes) is 1. The predicted octanol–water partition coefficient (Wildman–Crippen LogP) is 4.37. The molecule has 1 aliphatic heterocycles. The molecule has 0 unspecified atom stereocenters. The Bertz CT molecular complexity index is 549. The number of nitrogens with zero attached hydrogens (tertiary/aromatic N) is 1. The number of hydrogen-bond donors (Lipinski definition) is 0. The first-order valence-electron chi connectivity index (χ1n) is 12.1. The molecule has 7 nitrogen and oxygen atoms in total. The number of methoxy groups -OCH3 is 2. The Balaban J connectivity index is 2.13. The van der Waals surface area contributed by atoms with E-state index in [1.165, 1.54) is 0 Å². The van der Waals surface area contributed by atoms with E-state index in [-0.39, 0.29) is 22.8 Å². The molecule has 1 saturated heterocycles. The van der Waals surface area contributed by atoms with Crippen LogP contribution in [0.2, 0.25) is 0 Å². The number of hydrogen-bond acceptors (Lipinski definition) is 8. The van der Waals surface area contributed by atoms with Crippen LogP contribution in [0.25, 0.3) is 0 Å². The Hall–Kier alpha value is -0.320. The zero-order valence-electron chi connectivity index (χ0n) is 21.3. The van der Waals surface area contributed by atoms with Crippen molar-refractivity contribution in [2.75, 3.05) is 59.6 Å². The van der Waals surface area contributed by atoms with Gasteiger partial charge in [0, 0.05) is 57.1 Å². The van der Waals surface area contributed by atoms with Crippen LogP contribution in [0, 0.1) is 0 Å². The lowest BCUT2D eigenvalue weighted by Crippen LogP contribution is -2.38. The lowest BCUT2D eigenvalue weighted by atomic mass is 10.0. The van der Waals surface area contributed by atoms with Crippen molar-refractivity contribution < 1.29 is 28.5 Å². The van der Waals surface area contributed by atoms with E-state index < -0.39 is 0 Å². The third-order valence-electron chi connectivity index (χ3n) is 5.66. The molecule has 0 saturated carbocycles. The molecule has 0 aromatic heterocycles. The van der Waals surface area contributed by atoms with Crippen LogP contribution in [0.5, 0.6) is 0 Å². The summed E-state index contributed by atoms with van der Waals surface area (Å²) in [6.07, 6.45) is 4.91. The van der Waals surface area contributed by atoms with Crippen LogP contribution in [-0.4, -0.2) is 93.0 Å². The Morgan fingerprint density at radius 2 is 1.76 bits per heavy atom. The van der Waals surface area contributed by atoms with E-state index in [1.54, 1.807) is 25.0 Å². The van der Waals surface area contributed by atoms with Gasteiger partial charge < -0.3 is 23.8 Å². The van der Waals surface area contributed by atoms with E-state index in [2.05, 4.69) is 13.8 Å². The summed E-state index contributed by atoms with van der Waals surface area (Å²) >= 11 is 0. The molecule has 0 bridgehead atoms. The predicted molar refractivity (Wildman–Crippen MR) is 137 cm³/mol. The molecule has 1 amide bonds. The number of ether oxygens (including phenoxy) is 4. The van der Waals surface area contributed by atoms with Gasteiger partial charge in [-0.25, -0.2) is 0 Å². The molecule has 1 aliphatic rings. The summed E-state index contributed by atoms with van der Waals surface area (Å²) in [7, 11) is 6.97. The molecule has 0 N–H and O–H groups in total. The second-order valence-corrected chi connectivity index (χ2v) is 12.1. The van der Waals surface area contributed by atoms with Crippen LogP contribution >= 0.6 is 21.6 Å². The van der Waals surface area contributed by atoms with Gasteiger partial charge >= 0.3 is 0 Å². The maximum atomic E-state index is 12.6. The third kappa shape index (κ3) is 14.0. The molecule has 0 aliphatic carbocycles. The summed E-state index contributed by atoms with van der Waals surface area (Å²) < 4.78 is 21.5. The first kappa shape index (κ1) is 30.7. The highest BCUT2D eigenvalue weighted by atomic mass is 33.1. The number of likely N-dealkylation sites (tertiary alicyclic amines) is 1. The van der Waals surface area contributed by atoms with Crippen LogP contribution in [-0.2, 0) is 28.5 Å². The van der Waals surface area contributed by atoms with Gasteiger partial charge in [0.25, 0.3) is 0 Å². The molecular weight excluding hydrogens is 462 g/mol. The number of ketones is 1. The summed E-state index contributed by atoms with van der Waals surface area (Å²) in [5, 5.41) is 0. The van der Waals surface area contributed by atoms with Gasteiger partial charge in [0.2, 0.25) is 5.91 Å². The molecule has 0 aromatic carbocycles. The van der Waals surface area contributed by atoms with E-state index in [9.17, 15) is 9.59 Å². The third-order valence-corrected chi connectivity index (χ3v) is 8.98. The normalized spacial score (nSPS) is 18.8. The Labute approximate surface area is 208 Å². The average molecular weight is 508 g/mol. The lowest BCUT2D eigenvalue weighted by Gasteiger charge is -2.24. The maximum Gasteiger partial charge on any atom is 0.222 e. The summed E-state index contributed by atoms with van der Waals surface area (Å²) in [4.78, 5) is 26.8. The van der Waals surface area contributed by atoms with Gasteiger partial charge in [0.05, 0.1) is 38.6 Å². The number of rotatable bonds is 20. The van der Waals surface area contributed by atoms with Gasteiger partial charge in [-0.3, -0.25) is 9.59 Å². The van der Waals surface area contributed by atoms with E-state index in [0.717, 1.165) is 38.0 Å². The van der Waals surface area contributed by atoms with Crippen LogP contribution in [0.3, 0.4) is 0 Å². The molecule has 9 heteroatoms. The van der Waals surface area contributed by atoms with Crippen molar-refractivity contribution in [3.8, 4) is 0 Å². The number of amides is 1. The zero-order chi connectivity index (χ0) is 24.5. The summed E-state index contributed by atoms with van der Waals surface area (Å²) in [6, 6.07) is 0.0910. The van der Waals surface area contributed by atoms with Crippen molar-refractivity contribution in [3.05, 3.63) is 0 Å².